The van der Waals surface area contributed by atoms with Gasteiger partial charge in [-0.2, -0.15) is 17.5 Å². The number of nitrogens with one attached hydrogen (secondary N) is 2. The lowest BCUT2D eigenvalue weighted by Gasteiger charge is -2.30. The second-order valence-corrected chi connectivity index (χ2v) is 8.81. The molecule has 0 aliphatic carbocycles. The predicted molar refractivity (Wildman–Crippen MR) is 101 cm³/mol. The van der Waals surface area contributed by atoms with E-state index in [0.29, 0.717) is 42.8 Å². The number of aliphatic imine (C=N–C) groups is 1. The number of nitrogens with zero attached hydrogens (tertiary/aromatic N) is 2. The molecule has 0 unspecified atom stereocenters. The minimum absolute atomic E-state index is 0.0633. The van der Waals surface area contributed by atoms with Crippen LogP contribution >= 0.6 is 0 Å². The summed E-state index contributed by atoms with van der Waals surface area (Å²) >= 11 is 0. The molecule has 162 valence electrons. The van der Waals surface area contributed by atoms with Gasteiger partial charge in [0.25, 0.3) is 0 Å². The fourth-order valence-electron chi connectivity index (χ4n) is 3.17. The molecule has 1 fully saturated rings. The molecule has 1 saturated heterocycles. The molecule has 0 spiro atoms. The van der Waals surface area contributed by atoms with E-state index in [1.807, 2.05) is 6.92 Å². The summed E-state index contributed by atoms with van der Waals surface area (Å²) in [5, 5.41) is 6.42. The van der Waals surface area contributed by atoms with Crippen molar-refractivity contribution in [2.45, 2.75) is 38.1 Å². The zero-order chi connectivity index (χ0) is 20.6. The van der Waals surface area contributed by atoms with Crippen LogP contribution in [0.4, 0.5) is 13.2 Å². The van der Waals surface area contributed by atoms with Crippen LogP contribution in [0.15, 0.2) is 16.6 Å². The maximum atomic E-state index is 12.6. The molecule has 0 radical (unpaired) electrons. The zero-order valence-corrected chi connectivity index (χ0v) is 16.9. The maximum Gasteiger partial charge on any atom is 0.511 e. The van der Waals surface area contributed by atoms with E-state index in [9.17, 15) is 21.6 Å². The number of alkyl halides is 3. The topological polar surface area (TPSA) is 83.0 Å². The number of piperidine rings is 1. The first-order chi connectivity index (χ1) is 13.2. The highest BCUT2D eigenvalue weighted by Crippen LogP contribution is 2.30. The Balaban J connectivity index is 1.79. The molecular weight excluding hydrogens is 397 g/mol. The smallest absolute Gasteiger partial charge is 0.377 e. The van der Waals surface area contributed by atoms with E-state index in [1.165, 1.54) is 5.57 Å². The highest BCUT2D eigenvalue weighted by Gasteiger charge is 2.50. The quantitative estimate of drug-likeness (QED) is 0.369. The summed E-state index contributed by atoms with van der Waals surface area (Å²) in [4.78, 5) is 4.52. The molecule has 0 amide bonds. The number of guanidine groups is 1. The average molecular weight is 427 g/mol. The molecule has 7 nitrogen and oxygen atoms in total. The van der Waals surface area contributed by atoms with Crippen molar-refractivity contribution in [2.24, 2.45) is 10.9 Å². The molecule has 11 heteroatoms. The maximum absolute atomic E-state index is 12.6. The first-order valence-electron chi connectivity index (χ1n) is 9.58. The van der Waals surface area contributed by atoms with E-state index < -0.39 is 15.5 Å². The molecule has 0 aromatic carbocycles. The SMILES string of the molecule is CCNC(=NCC1CCN(S(=O)(=O)C(F)(F)F)CC1)NCCC1=CCOCC1. The first kappa shape index (κ1) is 23.0. The van der Waals surface area contributed by atoms with E-state index in [4.69, 9.17) is 4.74 Å². The van der Waals surface area contributed by atoms with Crippen molar-refractivity contribution in [1.82, 2.24) is 14.9 Å². The lowest BCUT2D eigenvalue weighted by molar-refractivity contribution is -0.0496. The highest BCUT2D eigenvalue weighted by molar-refractivity contribution is 7.90. The van der Waals surface area contributed by atoms with Gasteiger partial charge in [-0.05, 0) is 38.5 Å². The van der Waals surface area contributed by atoms with Gasteiger partial charge in [-0.25, -0.2) is 8.42 Å². The first-order valence-corrected chi connectivity index (χ1v) is 11.0. The summed E-state index contributed by atoms with van der Waals surface area (Å²) in [6, 6.07) is 0. The van der Waals surface area contributed by atoms with Gasteiger partial charge in [0.15, 0.2) is 5.96 Å². The molecule has 0 atom stereocenters. The van der Waals surface area contributed by atoms with Crippen LogP contribution in [0.5, 0.6) is 0 Å². The van der Waals surface area contributed by atoms with E-state index in [2.05, 4.69) is 21.7 Å². The summed E-state index contributed by atoms with van der Waals surface area (Å²) in [6.07, 6.45) is 4.67. The Bertz CT molecular complexity index is 657. The van der Waals surface area contributed by atoms with Gasteiger partial charge >= 0.3 is 15.5 Å². The summed E-state index contributed by atoms with van der Waals surface area (Å²) in [5.41, 5.74) is -3.88. The molecule has 0 aromatic rings. The predicted octanol–water partition coefficient (Wildman–Crippen LogP) is 1.84. The molecule has 2 heterocycles. The fourth-order valence-corrected chi connectivity index (χ4v) is 4.16. The number of sulfonamides is 1. The summed E-state index contributed by atoms with van der Waals surface area (Å²) in [5.74, 6) is 0.730. The Labute approximate surface area is 164 Å². The lowest BCUT2D eigenvalue weighted by atomic mass is 9.98. The molecule has 0 bridgehead atoms. The van der Waals surface area contributed by atoms with Crippen molar-refractivity contribution in [2.75, 3.05) is 45.9 Å². The van der Waals surface area contributed by atoms with Crippen LogP contribution in [0.3, 0.4) is 0 Å². The molecule has 28 heavy (non-hydrogen) atoms. The number of halogens is 3. The van der Waals surface area contributed by atoms with Crippen molar-refractivity contribution < 1.29 is 26.3 Å². The van der Waals surface area contributed by atoms with E-state index >= 15 is 0 Å². The Morgan fingerprint density at radius 3 is 2.61 bits per heavy atom. The van der Waals surface area contributed by atoms with Gasteiger partial charge in [0.05, 0.1) is 13.2 Å². The number of hydrogen-bond acceptors (Lipinski definition) is 4. The zero-order valence-electron chi connectivity index (χ0n) is 16.1. The molecule has 2 aliphatic heterocycles. The van der Waals surface area contributed by atoms with Crippen molar-refractivity contribution in [1.29, 1.82) is 0 Å². The summed E-state index contributed by atoms with van der Waals surface area (Å²) in [6.45, 7) is 5.01. The Hall–Kier alpha value is -1.33. The van der Waals surface area contributed by atoms with Crippen LogP contribution in [-0.2, 0) is 14.8 Å². The van der Waals surface area contributed by atoms with Gasteiger partial charge in [-0.3, -0.25) is 4.99 Å². The Kier molecular flexibility index (Phi) is 8.56. The van der Waals surface area contributed by atoms with Crippen molar-refractivity contribution in [3.63, 3.8) is 0 Å². The van der Waals surface area contributed by atoms with Gasteiger partial charge in [-0.1, -0.05) is 11.6 Å². The van der Waals surface area contributed by atoms with Crippen LogP contribution in [0.25, 0.3) is 0 Å². The van der Waals surface area contributed by atoms with Gasteiger partial charge in [-0.15, -0.1) is 0 Å². The molecule has 0 aromatic heterocycles. The van der Waals surface area contributed by atoms with Gasteiger partial charge < -0.3 is 15.4 Å². The monoisotopic (exact) mass is 426 g/mol. The molecule has 0 saturated carbocycles. The normalized spacial score (nSPS) is 20.7. The van der Waals surface area contributed by atoms with E-state index in [1.54, 1.807) is 0 Å². The molecule has 2 aliphatic rings. The summed E-state index contributed by atoms with van der Waals surface area (Å²) < 4.78 is 66.6. The Morgan fingerprint density at radius 1 is 1.32 bits per heavy atom. The minimum Gasteiger partial charge on any atom is -0.377 e. The average Bonchev–Trinajstić information content (AvgIpc) is 2.66. The van der Waals surface area contributed by atoms with Crippen molar-refractivity contribution >= 4 is 16.0 Å². The third kappa shape index (κ3) is 6.63. The number of ether oxygens (including phenoxy) is 1. The van der Waals surface area contributed by atoms with E-state index in [0.717, 1.165) is 26.0 Å². The lowest BCUT2D eigenvalue weighted by Crippen LogP contribution is -2.45. The Morgan fingerprint density at radius 2 is 2.04 bits per heavy atom. The number of hydrogen-bond donors (Lipinski definition) is 2. The third-order valence-electron chi connectivity index (χ3n) is 4.85. The van der Waals surface area contributed by atoms with Crippen molar-refractivity contribution in [3.05, 3.63) is 11.6 Å². The van der Waals surface area contributed by atoms with Crippen LogP contribution in [0.2, 0.25) is 0 Å². The highest BCUT2D eigenvalue weighted by atomic mass is 32.2. The molecule has 2 rings (SSSR count). The van der Waals surface area contributed by atoms with Crippen LogP contribution in [0, 0.1) is 5.92 Å². The second kappa shape index (κ2) is 10.4. The van der Waals surface area contributed by atoms with Crippen molar-refractivity contribution in [3.8, 4) is 0 Å². The van der Waals surface area contributed by atoms with Crippen LogP contribution < -0.4 is 10.6 Å². The standard InChI is InChI=1S/C17H29F3N4O3S/c1-2-21-16(22-8-3-14-6-11-27-12-7-14)23-13-15-4-9-24(10-5-15)28(25,26)17(18,19)20/h6,15H,2-5,7-13H2,1H3,(H2,21,22,23). The van der Waals surface area contributed by atoms with Crippen LogP contribution in [-0.4, -0.2) is 70.1 Å². The van der Waals surface area contributed by atoms with Gasteiger partial charge in [0, 0.05) is 32.7 Å². The largest absolute Gasteiger partial charge is 0.511 e. The fraction of sp³-hybridized carbons (Fsp3) is 0.824. The molecule has 2 N–H and O–H groups in total. The second-order valence-electron chi connectivity index (χ2n) is 6.88. The molecular formula is C17H29F3N4O3S. The van der Waals surface area contributed by atoms with E-state index in [-0.39, 0.29) is 19.0 Å². The van der Waals surface area contributed by atoms with Gasteiger partial charge in [0.1, 0.15) is 0 Å². The minimum atomic E-state index is -5.24. The van der Waals surface area contributed by atoms with Crippen LogP contribution in [0.1, 0.15) is 32.6 Å². The summed E-state index contributed by atoms with van der Waals surface area (Å²) in [7, 11) is -5.23. The third-order valence-corrected chi connectivity index (χ3v) is 6.48. The van der Waals surface area contributed by atoms with Gasteiger partial charge in [0.2, 0.25) is 0 Å². The number of rotatable bonds is 7.